The summed E-state index contributed by atoms with van der Waals surface area (Å²) in [5.74, 6) is -2.44. The summed E-state index contributed by atoms with van der Waals surface area (Å²) in [6.07, 6.45) is 2.19. The Morgan fingerprint density at radius 2 is 1.74 bits per heavy atom. The van der Waals surface area contributed by atoms with Gasteiger partial charge in [-0.3, -0.25) is 9.10 Å². The third-order valence-electron chi connectivity index (χ3n) is 4.00. The lowest BCUT2D eigenvalue weighted by Gasteiger charge is -2.22. The number of nitrogens with one attached hydrogen (secondary N) is 1. The summed E-state index contributed by atoms with van der Waals surface area (Å²) in [5, 5.41) is 2.75. The van der Waals surface area contributed by atoms with E-state index in [-0.39, 0.29) is 31.0 Å². The molecule has 2 aromatic carbocycles. The number of hydrogen-bond acceptors (Lipinski definition) is 3. The highest BCUT2D eigenvalue weighted by atomic mass is 32.2. The van der Waals surface area contributed by atoms with E-state index in [0.717, 1.165) is 34.7 Å². The van der Waals surface area contributed by atoms with Crippen LogP contribution in [0.2, 0.25) is 0 Å². The van der Waals surface area contributed by atoms with Crippen LogP contribution in [0.3, 0.4) is 0 Å². The number of anilines is 2. The number of nitrogens with zero attached hydrogens (tertiary/aromatic N) is 1. The van der Waals surface area contributed by atoms with E-state index in [0.29, 0.717) is 5.69 Å². The number of rotatable bonds is 8. The van der Waals surface area contributed by atoms with Crippen molar-refractivity contribution in [3.63, 3.8) is 0 Å². The number of hydrogen-bond donors (Lipinski definition) is 1. The molecular formula is C19H22F2N2O3S. The zero-order valence-corrected chi connectivity index (χ0v) is 16.0. The second kappa shape index (κ2) is 8.94. The molecular weight excluding hydrogens is 374 g/mol. The fourth-order valence-electron chi connectivity index (χ4n) is 2.56. The van der Waals surface area contributed by atoms with Crippen LogP contribution in [-0.4, -0.2) is 27.1 Å². The van der Waals surface area contributed by atoms with Crippen LogP contribution in [0.15, 0.2) is 42.5 Å². The number of halogens is 2. The largest absolute Gasteiger partial charge is 0.326 e. The number of amides is 1. The molecule has 0 saturated carbocycles. The van der Waals surface area contributed by atoms with Gasteiger partial charge in [0.05, 0.1) is 11.9 Å². The fourth-order valence-corrected chi connectivity index (χ4v) is 3.51. The van der Waals surface area contributed by atoms with Gasteiger partial charge in [-0.05, 0) is 42.7 Å². The average molecular weight is 396 g/mol. The molecule has 5 nitrogen and oxygen atoms in total. The van der Waals surface area contributed by atoms with E-state index >= 15 is 0 Å². The van der Waals surface area contributed by atoms with Gasteiger partial charge in [0.15, 0.2) is 11.6 Å². The quantitative estimate of drug-likeness (QED) is 0.740. The van der Waals surface area contributed by atoms with Crippen molar-refractivity contribution in [2.24, 2.45) is 0 Å². The molecule has 2 rings (SSSR count). The Hall–Kier alpha value is -2.48. The van der Waals surface area contributed by atoms with Crippen LogP contribution in [0.1, 0.15) is 25.3 Å². The normalized spacial score (nSPS) is 11.3. The predicted octanol–water partition coefficient (Wildman–Crippen LogP) is 3.71. The van der Waals surface area contributed by atoms with E-state index in [1.807, 2.05) is 19.1 Å². The van der Waals surface area contributed by atoms with Crippen LogP contribution in [0.4, 0.5) is 20.2 Å². The van der Waals surface area contributed by atoms with Crippen molar-refractivity contribution in [2.45, 2.75) is 26.2 Å². The first-order chi connectivity index (χ1) is 12.7. The first-order valence-electron chi connectivity index (χ1n) is 8.52. The molecule has 27 heavy (non-hydrogen) atoms. The van der Waals surface area contributed by atoms with Gasteiger partial charge in [0.1, 0.15) is 0 Å². The summed E-state index contributed by atoms with van der Waals surface area (Å²) < 4.78 is 51.4. The molecule has 0 aliphatic carbocycles. The van der Waals surface area contributed by atoms with Crippen LogP contribution >= 0.6 is 0 Å². The first-order valence-corrected chi connectivity index (χ1v) is 10.4. The van der Waals surface area contributed by atoms with E-state index < -0.39 is 21.7 Å². The summed E-state index contributed by atoms with van der Waals surface area (Å²) in [6, 6.07) is 10.3. The van der Waals surface area contributed by atoms with Crippen molar-refractivity contribution in [1.82, 2.24) is 0 Å². The molecule has 0 unspecified atom stereocenters. The van der Waals surface area contributed by atoms with Crippen molar-refractivity contribution < 1.29 is 22.0 Å². The summed E-state index contributed by atoms with van der Waals surface area (Å²) in [6.45, 7) is 2.01. The molecule has 0 spiro atoms. The highest BCUT2D eigenvalue weighted by Crippen LogP contribution is 2.21. The van der Waals surface area contributed by atoms with Gasteiger partial charge < -0.3 is 5.32 Å². The highest BCUT2D eigenvalue weighted by Gasteiger charge is 2.19. The molecule has 146 valence electrons. The Morgan fingerprint density at radius 3 is 2.30 bits per heavy atom. The molecule has 8 heteroatoms. The molecule has 0 aliphatic rings. The third kappa shape index (κ3) is 6.02. The Labute approximate surface area is 158 Å². The van der Waals surface area contributed by atoms with Crippen LogP contribution in [0.25, 0.3) is 0 Å². The Morgan fingerprint density at radius 1 is 1.07 bits per heavy atom. The van der Waals surface area contributed by atoms with Crippen LogP contribution in [0, 0.1) is 11.6 Å². The molecule has 0 atom stereocenters. The van der Waals surface area contributed by atoms with Crippen LogP contribution in [-0.2, 0) is 21.2 Å². The van der Waals surface area contributed by atoms with Gasteiger partial charge >= 0.3 is 0 Å². The molecule has 0 aromatic heterocycles. The number of carbonyl (C=O) groups is 1. The minimum atomic E-state index is -3.70. The first kappa shape index (κ1) is 20.8. The minimum Gasteiger partial charge on any atom is -0.326 e. The SMILES string of the molecule is CCc1ccc(NC(=O)CCCN(c2ccc(F)c(F)c2)S(C)(=O)=O)cc1. The standard InChI is InChI=1S/C19H22F2N2O3S/c1-3-14-6-8-15(9-7-14)22-19(24)5-4-12-23(27(2,25)26)16-10-11-17(20)18(21)13-16/h6-11,13H,3-5,12H2,1-2H3,(H,22,24). The predicted molar refractivity (Wildman–Crippen MR) is 102 cm³/mol. The number of aryl methyl sites for hydroxylation is 1. The van der Waals surface area contributed by atoms with E-state index in [2.05, 4.69) is 5.32 Å². The summed E-state index contributed by atoms with van der Waals surface area (Å²) in [4.78, 5) is 12.0. The number of benzene rings is 2. The Kier molecular flexibility index (Phi) is 6.90. The molecule has 1 amide bonds. The van der Waals surface area contributed by atoms with Gasteiger partial charge in [-0.15, -0.1) is 0 Å². The summed E-state index contributed by atoms with van der Waals surface area (Å²) in [5.41, 5.74) is 1.84. The molecule has 0 bridgehead atoms. The van der Waals surface area contributed by atoms with E-state index in [9.17, 15) is 22.0 Å². The van der Waals surface area contributed by atoms with Crippen molar-refractivity contribution in [3.8, 4) is 0 Å². The Bertz CT molecular complexity index is 900. The lowest BCUT2D eigenvalue weighted by atomic mass is 10.1. The number of carbonyl (C=O) groups excluding carboxylic acids is 1. The van der Waals surface area contributed by atoms with Crippen molar-refractivity contribution in [2.75, 3.05) is 22.4 Å². The van der Waals surface area contributed by atoms with Crippen LogP contribution in [0.5, 0.6) is 0 Å². The van der Waals surface area contributed by atoms with Gasteiger partial charge in [-0.1, -0.05) is 19.1 Å². The second-order valence-electron chi connectivity index (χ2n) is 6.14. The monoisotopic (exact) mass is 396 g/mol. The molecule has 0 radical (unpaired) electrons. The molecule has 2 aromatic rings. The van der Waals surface area contributed by atoms with E-state index in [4.69, 9.17) is 0 Å². The van der Waals surface area contributed by atoms with E-state index in [1.54, 1.807) is 12.1 Å². The zero-order valence-electron chi connectivity index (χ0n) is 15.2. The fraction of sp³-hybridized carbons (Fsp3) is 0.316. The van der Waals surface area contributed by atoms with Gasteiger partial charge in [0.25, 0.3) is 0 Å². The van der Waals surface area contributed by atoms with Crippen molar-refractivity contribution in [1.29, 1.82) is 0 Å². The zero-order chi connectivity index (χ0) is 20.0. The average Bonchev–Trinajstić information content (AvgIpc) is 2.61. The van der Waals surface area contributed by atoms with Crippen molar-refractivity contribution >= 4 is 27.3 Å². The van der Waals surface area contributed by atoms with Gasteiger partial charge in [-0.2, -0.15) is 0 Å². The maximum absolute atomic E-state index is 13.4. The van der Waals surface area contributed by atoms with Gasteiger partial charge in [0.2, 0.25) is 15.9 Å². The Balaban J connectivity index is 1.96. The molecule has 0 saturated heterocycles. The smallest absolute Gasteiger partial charge is 0.232 e. The third-order valence-corrected chi connectivity index (χ3v) is 5.20. The van der Waals surface area contributed by atoms with E-state index in [1.165, 1.54) is 6.07 Å². The molecule has 1 N–H and O–H groups in total. The number of sulfonamides is 1. The maximum Gasteiger partial charge on any atom is 0.232 e. The van der Waals surface area contributed by atoms with Crippen LogP contribution < -0.4 is 9.62 Å². The van der Waals surface area contributed by atoms with Gasteiger partial charge in [-0.25, -0.2) is 17.2 Å². The molecule has 0 fully saturated rings. The lowest BCUT2D eigenvalue weighted by Crippen LogP contribution is -2.31. The van der Waals surface area contributed by atoms with Crippen molar-refractivity contribution in [3.05, 3.63) is 59.7 Å². The molecule has 0 heterocycles. The highest BCUT2D eigenvalue weighted by molar-refractivity contribution is 7.92. The summed E-state index contributed by atoms with van der Waals surface area (Å²) in [7, 11) is -3.70. The lowest BCUT2D eigenvalue weighted by molar-refractivity contribution is -0.116. The minimum absolute atomic E-state index is 0.0203. The second-order valence-corrected chi connectivity index (χ2v) is 8.04. The maximum atomic E-state index is 13.4. The topological polar surface area (TPSA) is 66.5 Å². The molecule has 0 aliphatic heterocycles. The summed E-state index contributed by atoms with van der Waals surface area (Å²) >= 11 is 0. The van der Waals surface area contributed by atoms with Gasteiger partial charge in [0, 0.05) is 24.7 Å².